The first kappa shape index (κ1) is 17.3. The number of aliphatic hydroxyl groups is 1. The molecule has 2 aromatic rings. The molecule has 0 saturated carbocycles. The fourth-order valence-electron chi connectivity index (χ4n) is 2.27. The highest BCUT2D eigenvalue weighted by atomic mass is 19.4. The van der Waals surface area contributed by atoms with Crippen molar-refractivity contribution in [2.24, 2.45) is 0 Å². The van der Waals surface area contributed by atoms with Crippen LogP contribution in [0.2, 0.25) is 0 Å². The predicted octanol–water partition coefficient (Wildman–Crippen LogP) is 2.41. The van der Waals surface area contributed by atoms with Crippen LogP contribution in [0.25, 0.3) is 0 Å². The zero-order valence-electron chi connectivity index (χ0n) is 12.5. The Labute approximate surface area is 130 Å². The molecule has 0 saturated heterocycles. The molecule has 23 heavy (non-hydrogen) atoms. The van der Waals surface area contributed by atoms with Crippen LogP contribution < -0.4 is 5.76 Å². The zero-order valence-corrected chi connectivity index (χ0v) is 12.5. The SMILES string of the molecule is CCCc1nn(CC(O)Cc2ccccc2C(F)(F)F)c(=O)o1. The molecule has 1 aromatic carbocycles. The van der Waals surface area contributed by atoms with E-state index in [0.717, 1.165) is 17.2 Å². The van der Waals surface area contributed by atoms with Crippen LogP contribution in [0.3, 0.4) is 0 Å². The van der Waals surface area contributed by atoms with E-state index < -0.39 is 23.6 Å². The van der Waals surface area contributed by atoms with Gasteiger partial charge in [-0.1, -0.05) is 25.1 Å². The maximum atomic E-state index is 12.9. The summed E-state index contributed by atoms with van der Waals surface area (Å²) in [6.07, 6.45) is -4.69. The van der Waals surface area contributed by atoms with Gasteiger partial charge in [0.05, 0.1) is 18.2 Å². The normalized spacial score (nSPS) is 13.3. The van der Waals surface area contributed by atoms with Gasteiger partial charge in [-0.15, -0.1) is 5.10 Å². The highest BCUT2D eigenvalue weighted by molar-refractivity contribution is 5.30. The van der Waals surface area contributed by atoms with Gasteiger partial charge in [-0.25, -0.2) is 4.79 Å². The lowest BCUT2D eigenvalue weighted by Gasteiger charge is -2.15. The summed E-state index contributed by atoms with van der Waals surface area (Å²) in [5.74, 6) is -0.475. The van der Waals surface area contributed by atoms with Crippen molar-refractivity contribution >= 4 is 0 Å². The standard InChI is InChI=1S/C15H17F3N2O3/c1-2-5-13-19-20(14(22)23-13)9-11(21)8-10-6-3-4-7-12(10)15(16,17)18/h3-4,6-7,11,21H,2,5,8-9H2,1H3. The van der Waals surface area contributed by atoms with Crippen LogP contribution in [0.4, 0.5) is 13.2 Å². The number of aryl methyl sites for hydroxylation is 1. The quantitative estimate of drug-likeness (QED) is 0.883. The van der Waals surface area contributed by atoms with Crippen LogP contribution in [-0.2, 0) is 25.6 Å². The molecule has 1 aromatic heterocycles. The minimum atomic E-state index is -4.49. The van der Waals surface area contributed by atoms with Gasteiger partial charge in [-0.3, -0.25) is 0 Å². The summed E-state index contributed by atoms with van der Waals surface area (Å²) >= 11 is 0. The molecule has 0 bridgehead atoms. The van der Waals surface area contributed by atoms with E-state index in [1.54, 1.807) is 0 Å². The van der Waals surface area contributed by atoms with Crippen molar-refractivity contribution in [3.63, 3.8) is 0 Å². The topological polar surface area (TPSA) is 68.3 Å². The second-order valence-electron chi connectivity index (χ2n) is 5.21. The number of nitrogens with zero attached hydrogens (tertiary/aromatic N) is 2. The molecule has 5 nitrogen and oxygen atoms in total. The van der Waals surface area contributed by atoms with Crippen molar-refractivity contribution in [2.45, 2.75) is 45.0 Å². The number of aliphatic hydroxyl groups excluding tert-OH is 1. The van der Waals surface area contributed by atoms with E-state index in [1.807, 2.05) is 6.92 Å². The second kappa shape index (κ2) is 6.99. The largest absolute Gasteiger partial charge is 0.437 e. The van der Waals surface area contributed by atoms with E-state index in [2.05, 4.69) is 5.10 Å². The van der Waals surface area contributed by atoms with Gasteiger partial charge in [0.25, 0.3) is 0 Å². The van der Waals surface area contributed by atoms with E-state index in [-0.39, 0.29) is 24.4 Å². The Balaban J connectivity index is 2.11. The van der Waals surface area contributed by atoms with Crippen LogP contribution in [-0.4, -0.2) is 21.0 Å². The van der Waals surface area contributed by atoms with E-state index >= 15 is 0 Å². The molecule has 0 aliphatic rings. The van der Waals surface area contributed by atoms with E-state index in [4.69, 9.17) is 4.42 Å². The molecular formula is C15H17F3N2O3. The van der Waals surface area contributed by atoms with Gasteiger partial charge >= 0.3 is 11.9 Å². The number of aromatic nitrogens is 2. The summed E-state index contributed by atoms with van der Waals surface area (Å²) in [4.78, 5) is 11.6. The summed E-state index contributed by atoms with van der Waals surface area (Å²) in [7, 11) is 0. The van der Waals surface area contributed by atoms with Crippen molar-refractivity contribution in [3.8, 4) is 0 Å². The van der Waals surface area contributed by atoms with Crippen LogP contribution in [0, 0.1) is 0 Å². The Bertz CT molecular complexity index is 706. The first-order valence-electron chi connectivity index (χ1n) is 7.21. The van der Waals surface area contributed by atoms with Crippen LogP contribution in [0.15, 0.2) is 33.5 Å². The molecule has 0 aliphatic heterocycles. The number of benzene rings is 1. The molecule has 0 aliphatic carbocycles. The summed E-state index contributed by atoms with van der Waals surface area (Å²) in [6.45, 7) is 1.67. The highest BCUT2D eigenvalue weighted by Crippen LogP contribution is 2.32. The first-order valence-corrected chi connectivity index (χ1v) is 7.21. The number of hydrogen-bond donors (Lipinski definition) is 1. The van der Waals surface area contributed by atoms with Gasteiger partial charge in [0.1, 0.15) is 0 Å². The fourth-order valence-corrected chi connectivity index (χ4v) is 2.27. The summed E-state index contributed by atoms with van der Waals surface area (Å²) in [6, 6.07) is 5.03. The Morgan fingerprint density at radius 2 is 2.04 bits per heavy atom. The third-order valence-corrected chi connectivity index (χ3v) is 3.27. The number of rotatable bonds is 6. The lowest BCUT2D eigenvalue weighted by molar-refractivity contribution is -0.138. The monoisotopic (exact) mass is 330 g/mol. The summed E-state index contributed by atoms with van der Waals surface area (Å²) in [5, 5.41) is 13.9. The highest BCUT2D eigenvalue weighted by Gasteiger charge is 2.33. The number of halogens is 3. The van der Waals surface area contributed by atoms with Crippen molar-refractivity contribution in [1.29, 1.82) is 0 Å². The van der Waals surface area contributed by atoms with Crippen molar-refractivity contribution in [1.82, 2.24) is 9.78 Å². The van der Waals surface area contributed by atoms with Crippen molar-refractivity contribution in [3.05, 3.63) is 51.8 Å². The number of hydrogen-bond acceptors (Lipinski definition) is 4. The molecule has 2 rings (SSSR count). The van der Waals surface area contributed by atoms with Gasteiger partial charge in [0, 0.05) is 12.8 Å². The molecule has 1 N–H and O–H groups in total. The van der Waals surface area contributed by atoms with Crippen LogP contribution >= 0.6 is 0 Å². The van der Waals surface area contributed by atoms with E-state index in [9.17, 15) is 23.1 Å². The molecule has 8 heteroatoms. The van der Waals surface area contributed by atoms with Gasteiger partial charge < -0.3 is 9.52 Å². The summed E-state index contributed by atoms with van der Waals surface area (Å²) in [5.41, 5.74) is -0.823. The summed E-state index contributed by atoms with van der Waals surface area (Å²) < 4.78 is 44.6. The molecule has 126 valence electrons. The Morgan fingerprint density at radius 3 is 2.70 bits per heavy atom. The Kier molecular flexibility index (Phi) is 5.25. The molecule has 0 spiro atoms. The third-order valence-electron chi connectivity index (χ3n) is 3.27. The van der Waals surface area contributed by atoms with Crippen molar-refractivity contribution < 1.29 is 22.7 Å². The smallest absolute Gasteiger partial charge is 0.392 e. The number of alkyl halides is 3. The van der Waals surface area contributed by atoms with Gasteiger partial charge in [-0.2, -0.15) is 17.9 Å². The Hall–Kier alpha value is -2.09. The maximum absolute atomic E-state index is 12.9. The van der Waals surface area contributed by atoms with Gasteiger partial charge in [-0.05, 0) is 18.1 Å². The Morgan fingerprint density at radius 1 is 1.35 bits per heavy atom. The van der Waals surface area contributed by atoms with E-state index in [1.165, 1.54) is 18.2 Å². The van der Waals surface area contributed by atoms with Crippen LogP contribution in [0.5, 0.6) is 0 Å². The average molecular weight is 330 g/mol. The minimum absolute atomic E-state index is 0.0298. The van der Waals surface area contributed by atoms with Crippen molar-refractivity contribution in [2.75, 3.05) is 0 Å². The van der Waals surface area contributed by atoms with Gasteiger partial charge in [0.15, 0.2) is 0 Å². The molecule has 1 atom stereocenters. The average Bonchev–Trinajstić information content (AvgIpc) is 2.78. The lowest BCUT2D eigenvalue weighted by Crippen LogP contribution is -2.27. The first-order chi connectivity index (χ1) is 10.8. The molecule has 0 amide bonds. The molecular weight excluding hydrogens is 313 g/mol. The third kappa shape index (κ3) is 4.44. The molecule has 1 unspecified atom stereocenters. The zero-order chi connectivity index (χ0) is 17.0. The lowest BCUT2D eigenvalue weighted by atomic mass is 10.0. The van der Waals surface area contributed by atoms with E-state index in [0.29, 0.717) is 6.42 Å². The molecule has 1 heterocycles. The van der Waals surface area contributed by atoms with Gasteiger partial charge in [0.2, 0.25) is 5.89 Å². The molecule has 0 fully saturated rings. The second-order valence-corrected chi connectivity index (χ2v) is 5.21. The van der Waals surface area contributed by atoms with Crippen LogP contribution in [0.1, 0.15) is 30.4 Å². The minimum Gasteiger partial charge on any atom is -0.392 e. The maximum Gasteiger partial charge on any atom is 0.437 e. The fraction of sp³-hybridized carbons (Fsp3) is 0.467. The predicted molar refractivity (Wildman–Crippen MR) is 75.9 cm³/mol. The molecule has 0 radical (unpaired) electrons.